The molecule has 2 aromatic carbocycles. The standard InChI is InChI=1S/C25H31N3O6/c1-25(2,3)24(33)27-21(23(32)28-34)18(12-14-7-6-9-16(29)11-14)22(31)26-20-17-10-5-4-8-15(17)13-19(20)30/h4-11,18-21,29-30,34H,12-13H2,1-3H3,(H,26,31)(H,27,33)(H,28,32)/t18-,19-,20+,21+/m1/s1. The van der Waals surface area contributed by atoms with Crippen molar-refractivity contribution in [2.45, 2.75) is 51.8 Å². The van der Waals surface area contributed by atoms with E-state index in [1.165, 1.54) is 12.1 Å². The van der Waals surface area contributed by atoms with Crippen LogP contribution in [0.2, 0.25) is 0 Å². The molecule has 34 heavy (non-hydrogen) atoms. The minimum atomic E-state index is -1.41. The molecule has 6 N–H and O–H groups in total. The molecule has 0 fully saturated rings. The molecular formula is C25H31N3O6. The lowest BCUT2D eigenvalue weighted by atomic mass is 9.88. The van der Waals surface area contributed by atoms with Crippen LogP contribution in [-0.2, 0) is 27.2 Å². The zero-order valence-corrected chi connectivity index (χ0v) is 19.4. The Hall–Kier alpha value is -3.43. The Morgan fingerprint density at radius 2 is 1.76 bits per heavy atom. The highest BCUT2D eigenvalue weighted by Crippen LogP contribution is 2.32. The van der Waals surface area contributed by atoms with Gasteiger partial charge in [0.25, 0.3) is 5.91 Å². The van der Waals surface area contributed by atoms with Crippen LogP contribution in [0, 0.1) is 11.3 Å². The molecule has 0 aliphatic heterocycles. The summed E-state index contributed by atoms with van der Waals surface area (Å²) in [4.78, 5) is 38.9. The maximum atomic E-state index is 13.5. The molecule has 0 saturated carbocycles. The number of amides is 3. The number of aliphatic hydroxyl groups is 1. The van der Waals surface area contributed by atoms with E-state index in [9.17, 15) is 29.8 Å². The maximum Gasteiger partial charge on any atom is 0.266 e. The van der Waals surface area contributed by atoms with Crippen LogP contribution >= 0.6 is 0 Å². The number of hydroxylamine groups is 1. The first-order valence-corrected chi connectivity index (χ1v) is 11.1. The van der Waals surface area contributed by atoms with Gasteiger partial charge in [-0.2, -0.15) is 0 Å². The number of benzene rings is 2. The fourth-order valence-corrected chi connectivity index (χ4v) is 4.08. The highest BCUT2D eigenvalue weighted by molar-refractivity contribution is 5.94. The zero-order chi connectivity index (χ0) is 25.0. The van der Waals surface area contributed by atoms with E-state index in [-0.39, 0.29) is 12.2 Å². The number of nitrogens with one attached hydrogen (secondary N) is 3. The van der Waals surface area contributed by atoms with Crippen molar-refractivity contribution >= 4 is 17.7 Å². The summed E-state index contributed by atoms with van der Waals surface area (Å²) >= 11 is 0. The number of rotatable bonds is 7. The van der Waals surface area contributed by atoms with Gasteiger partial charge in [-0.3, -0.25) is 19.6 Å². The normalized spacial score (nSPS) is 19.0. The number of aliphatic hydroxyl groups excluding tert-OH is 1. The van der Waals surface area contributed by atoms with Gasteiger partial charge >= 0.3 is 0 Å². The van der Waals surface area contributed by atoms with Crippen LogP contribution in [-0.4, -0.2) is 45.3 Å². The van der Waals surface area contributed by atoms with Gasteiger partial charge in [0.05, 0.1) is 18.1 Å². The summed E-state index contributed by atoms with van der Waals surface area (Å²) in [6.45, 7) is 4.98. The van der Waals surface area contributed by atoms with Gasteiger partial charge in [-0.25, -0.2) is 5.48 Å². The molecule has 0 unspecified atom stereocenters. The van der Waals surface area contributed by atoms with Crippen LogP contribution in [0.25, 0.3) is 0 Å². The summed E-state index contributed by atoms with van der Waals surface area (Å²) in [5, 5.41) is 35.2. The summed E-state index contributed by atoms with van der Waals surface area (Å²) in [7, 11) is 0. The van der Waals surface area contributed by atoms with Crippen molar-refractivity contribution in [1.29, 1.82) is 0 Å². The number of hydrogen-bond acceptors (Lipinski definition) is 6. The number of aromatic hydroxyl groups is 1. The minimum Gasteiger partial charge on any atom is -0.508 e. The molecule has 0 saturated heterocycles. The first-order chi connectivity index (χ1) is 16.0. The number of phenols is 1. The van der Waals surface area contributed by atoms with Crippen molar-refractivity contribution in [3.63, 3.8) is 0 Å². The van der Waals surface area contributed by atoms with Crippen molar-refractivity contribution in [3.8, 4) is 5.75 Å². The molecule has 0 bridgehead atoms. The summed E-state index contributed by atoms with van der Waals surface area (Å²) in [5.74, 6) is -3.20. The second-order valence-corrected chi connectivity index (χ2v) is 9.61. The van der Waals surface area contributed by atoms with Crippen LogP contribution in [0.4, 0.5) is 0 Å². The highest BCUT2D eigenvalue weighted by atomic mass is 16.5. The summed E-state index contributed by atoms with van der Waals surface area (Å²) in [6, 6.07) is 11.5. The van der Waals surface area contributed by atoms with Crippen LogP contribution in [0.1, 0.15) is 43.5 Å². The van der Waals surface area contributed by atoms with Crippen molar-refractivity contribution in [2.24, 2.45) is 11.3 Å². The van der Waals surface area contributed by atoms with E-state index >= 15 is 0 Å². The first-order valence-electron chi connectivity index (χ1n) is 11.1. The van der Waals surface area contributed by atoms with E-state index in [0.29, 0.717) is 12.0 Å². The maximum absolute atomic E-state index is 13.5. The molecule has 0 radical (unpaired) electrons. The van der Waals surface area contributed by atoms with Crippen molar-refractivity contribution < 1.29 is 29.8 Å². The van der Waals surface area contributed by atoms with Gasteiger partial charge in [0.15, 0.2) is 0 Å². The topological polar surface area (TPSA) is 148 Å². The predicted molar refractivity (Wildman–Crippen MR) is 124 cm³/mol. The fraction of sp³-hybridized carbons (Fsp3) is 0.400. The second kappa shape index (κ2) is 10.2. The van der Waals surface area contributed by atoms with Crippen LogP contribution < -0.4 is 16.1 Å². The Bertz CT molecular complexity index is 1060. The molecule has 4 atom stereocenters. The Morgan fingerprint density at radius 1 is 1.06 bits per heavy atom. The monoisotopic (exact) mass is 469 g/mol. The van der Waals surface area contributed by atoms with E-state index in [1.54, 1.807) is 38.4 Å². The molecule has 9 nitrogen and oxygen atoms in total. The fourth-order valence-electron chi connectivity index (χ4n) is 4.08. The lowest BCUT2D eigenvalue weighted by Crippen LogP contribution is -2.57. The Labute approximate surface area is 198 Å². The average Bonchev–Trinajstić information content (AvgIpc) is 3.09. The van der Waals surface area contributed by atoms with Crippen molar-refractivity contribution in [1.82, 2.24) is 16.1 Å². The van der Waals surface area contributed by atoms with Gasteiger partial charge in [0, 0.05) is 11.8 Å². The smallest absolute Gasteiger partial charge is 0.266 e. The molecule has 0 spiro atoms. The Kier molecular flexibility index (Phi) is 7.58. The molecule has 182 valence electrons. The molecule has 1 aliphatic rings. The van der Waals surface area contributed by atoms with E-state index < -0.39 is 47.2 Å². The predicted octanol–water partition coefficient (Wildman–Crippen LogP) is 1.36. The van der Waals surface area contributed by atoms with Crippen molar-refractivity contribution in [3.05, 3.63) is 65.2 Å². The third-order valence-electron chi connectivity index (χ3n) is 5.97. The number of phenolic OH excluding ortho intramolecular Hbond substituents is 1. The summed E-state index contributed by atoms with van der Waals surface area (Å²) in [6.07, 6.45) is -0.496. The van der Waals surface area contributed by atoms with Crippen molar-refractivity contribution in [2.75, 3.05) is 0 Å². The number of hydrogen-bond donors (Lipinski definition) is 6. The summed E-state index contributed by atoms with van der Waals surface area (Å²) in [5.41, 5.74) is 2.92. The molecular weight excluding hydrogens is 438 g/mol. The molecule has 0 aromatic heterocycles. The van der Waals surface area contributed by atoms with Gasteiger partial charge < -0.3 is 20.8 Å². The van der Waals surface area contributed by atoms with Gasteiger partial charge in [-0.1, -0.05) is 57.2 Å². The van der Waals surface area contributed by atoms with Gasteiger partial charge in [0.2, 0.25) is 11.8 Å². The first kappa shape index (κ1) is 25.2. The summed E-state index contributed by atoms with van der Waals surface area (Å²) < 4.78 is 0. The Balaban J connectivity index is 1.95. The largest absolute Gasteiger partial charge is 0.508 e. The zero-order valence-electron chi connectivity index (χ0n) is 19.4. The lowest BCUT2D eigenvalue weighted by molar-refractivity contribution is -0.142. The highest BCUT2D eigenvalue weighted by Gasteiger charge is 2.40. The third-order valence-corrected chi connectivity index (χ3v) is 5.97. The van der Waals surface area contributed by atoms with Crippen LogP contribution in [0.3, 0.4) is 0 Å². The quantitative estimate of drug-likeness (QED) is 0.266. The van der Waals surface area contributed by atoms with Gasteiger partial charge in [0.1, 0.15) is 11.8 Å². The molecule has 3 amide bonds. The lowest BCUT2D eigenvalue weighted by Gasteiger charge is -2.30. The van der Waals surface area contributed by atoms with Gasteiger partial charge in [-0.05, 0) is 35.2 Å². The molecule has 9 heteroatoms. The molecule has 0 heterocycles. The molecule has 3 rings (SSSR count). The van der Waals surface area contributed by atoms with E-state index in [0.717, 1.165) is 11.1 Å². The average molecular weight is 470 g/mol. The van der Waals surface area contributed by atoms with E-state index in [1.807, 2.05) is 24.3 Å². The number of carbonyl (C=O) groups is 3. The minimum absolute atomic E-state index is 0.0151. The van der Waals surface area contributed by atoms with E-state index in [4.69, 9.17) is 0 Å². The van der Waals surface area contributed by atoms with E-state index in [2.05, 4.69) is 10.6 Å². The van der Waals surface area contributed by atoms with Crippen LogP contribution in [0.5, 0.6) is 5.75 Å². The third kappa shape index (κ3) is 5.73. The number of fused-ring (bicyclic) bond motifs is 1. The van der Waals surface area contributed by atoms with Crippen LogP contribution in [0.15, 0.2) is 48.5 Å². The Morgan fingerprint density at radius 3 is 2.41 bits per heavy atom. The van der Waals surface area contributed by atoms with Gasteiger partial charge in [-0.15, -0.1) is 0 Å². The second-order valence-electron chi connectivity index (χ2n) is 9.61. The number of carbonyl (C=O) groups excluding carboxylic acids is 3. The molecule has 1 aliphatic carbocycles. The SMILES string of the molecule is CC(C)(C)C(=O)N[C@H](C(=O)NO)[C@@H](Cc1cccc(O)c1)C(=O)N[C@H]1c2ccccc2C[C@H]1O. The molecule has 2 aromatic rings.